The number of nitrogens with zero attached hydrogens (tertiary/aromatic N) is 1. The van der Waals surface area contributed by atoms with Gasteiger partial charge in [0.25, 0.3) is 0 Å². The zero-order chi connectivity index (χ0) is 13.8. The van der Waals surface area contributed by atoms with Crippen molar-refractivity contribution in [2.45, 2.75) is 38.7 Å². The number of carbonyl (C=O) groups is 1. The molecule has 6 heteroatoms. The molecule has 1 atom stereocenters. The van der Waals surface area contributed by atoms with Crippen molar-refractivity contribution < 1.29 is 14.3 Å². The number of H-pyrrole nitrogens is 1. The van der Waals surface area contributed by atoms with Gasteiger partial charge in [-0.2, -0.15) is 5.10 Å². The van der Waals surface area contributed by atoms with E-state index in [0.717, 1.165) is 50.2 Å². The normalized spacial score (nSPS) is 22.9. The number of ether oxygens (including phenoxy) is 2. The zero-order valence-electron chi connectivity index (χ0n) is 11.6. The Hall–Kier alpha value is -1.40. The van der Waals surface area contributed by atoms with Crippen LogP contribution in [-0.4, -0.2) is 35.9 Å². The second kappa shape index (κ2) is 6.37. The number of aromatic amines is 1. The average molecular weight is 279 g/mol. The molecule has 2 aliphatic heterocycles. The molecular weight excluding hydrogens is 258 g/mol. The first-order valence-electron chi connectivity index (χ1n) is 7.34. The molecule has 0 spiro atoms. The van der Waals surface area contributed by atoms with Crippen molar-refractivity contribution in [3.63, 3.8) is 0 Å². The average Bonchev–Trinajstić information content (AvgIpc) is 2.68. The monoisotopic (exact) mass is 279 g/mol. The third kappa shape index (κ3) is 3.19. The topological polar surface area (TPSA) is 76.2 Å². The van der Waals surface area contributed by atoms with Crippen LogP contribution in [0.25, 0.3) is 0 Å². The molecule has 0 aromatic carbocycles. The Kier molecular flexibility index (Phi) is 4.32. The van der Waals surface area contributed by atoms with E-state index in [1.807, 2.05) is 0 Å². The van der Waals surface area contributed by atoms with Crippen molar-refractivity contribution in [1.29, 1.82) is 0 Å². The first kappa shape index (κ1) is 13.6. The van der Waals surface area contributed by atoms with Crippen LogP contribution < -0.4 is 5.32 Å². The SMILES string of the molecule is O=C(CC1CCCOCC1)Nc1n[nH]c2c1COCC2. The van der Waals surface area contributed by atoms with Crippen molar-refractivity contribution in [2.75, 3.05) is 25.1 Å². The summed E-state index contributed by atoms with van der Waals surface area (Å²) in [5.74, 6) is 1.09. The molecule has 20 heavy (non-hydrogen) atoms. The van der Waals surface area contributed by atoms with Crippen LogP contribution in [-0.2, 0) is 27.3 Å². The van der Waals surface area contributed by atoms with E-state index in [4.69, 9.17) is 9.47 Å². The minimum Gasteiger partial charge on any atom is -0.381 e. The van der Waals surface area contributed by atoms with E-state index in [0.29, 0.717) is 31.4 Å². The molecule has 0 bridgehead atoms. The van der Waals surface area contributed by atoms with Gasteiger partial charge in [0.15, 0.2) is 5.82 Å². The lowest BCUT2D eigenvalue weighted by Gasteiger charge is -2.14. The van der Waals surface area contributed by atoms with Crippen LogP contribution in [0, 0.1) is 5.92 Å². The number of hydrogen-bond donors (Lipinski definition) is 2. The summed E-state index contributed by atoms with van der Waals surface area (Å²) in [4.78, 5) is 12.1. The third-order valence-electron chi connectivity index (χ3n) is 4.00. The van der Waals surface area contributed by atoms with E-state index in [9.17, 15) is 4.79 Å². The summed E-state index contributed by atoms with van der Waals surface area (Å²) >= 11 is 0. The Morgan fingerprint density at radius 3 is 3.20 bits per heavy atom. The maximum absolute atomic E-state index is 12.1. The summed E-state index contributed by atoms with van der Waals surface area (Å²) in [5.41, 5.74) is 2.07. The molecule has 2 N–H and O–H groups in total. The molecule has 1 saturated heterocycles. The van der Waals surface area contributed by atoms with Gasteiger partial charge in [0.05, 0.1) is 13.2 Å². The smallest absolute Gasteiger partial charge is 0.225 e. The fourth-order valence-electron chi connectivity index (χ4n) is 2.84. The maximum atomic E-state index is 12.1. The summed E-state index contributed by atoms with van der Waals surface area (Å²) in [6.45, 7) is 2.83. The first-order chi connectivity index (χ1) is 9.83. The van der Waals surface area contributed by atoms with Crippen LogP contribution >= 0.6 is 0 Å². The molecule has 1 amide bonds. The Labute approximate surface area is 118 Å². The zero-order valence-corrected chi connectivity index (χ0v) is 11.6. The van der Waals surface area contributed by atoms with Gasteiger partial charge in [-0.15, -0.1) is 0 Å². The number of anilines is 1. The van der Waals surface area contributed by atoms with Gasteiger partial charge in [0.2, 0.25) is 5.91 Å². The summed E-state index contributed by atoms with van der Waals surface area (Å²) in [5, 5.41) is 10.1. The highest BCUT2D eigenvalue weighted by molar-refractivity contribution is 5.90. The molecule has 2 aliphatic rings. The Morgan fingerprint density at radius 1 is 1.30 bits per heavy atom. The molecule has 6 nitrogen and oxygen atoms in total. The fraction of sp³-hybridized carbons (Fsp3) is 0.714. The van der Waals surface area contributed by atoms with Crippen LogP contribution in [0.1, 0.15) is 36.9 Å². The quantitative estimate of drug-likeness (QED) is 0.881. The van der Waals surface area contributed by atoms with E-state index < -0.39 is 0 Å². The van der Waals surface area contributed by atoms with Crippen molar-refractivity contribution >= 4 is 11.7 Å². The van der Waals surface area contributed by atoms with Crippen molar-refractivity contribution in [1.82, 2.24) is 10.2 Å². The molecule has 0 radical (unpaired) electrons. The fourth-order valence-corrected chi connectivity index (χ4v) is 2.84. The van der Waals surface area contributed by atoms with Gasteiger partial charge < -0.3 is 14.8 Å². The van der Waals surface area contributed by atoms with E-state index >= 15 is 0 Å². The number of hydrogen-bond acceptors (Lipinski definition) is 4. The van der Waals surface area contributed by atoms with Gasteiger partial charge in [-0.05, 0) is 25.2 Å². The minimum absolute atomic E-state index is 0.0387. The third-order valence-corrected chi connectivity index (χ3v) is 4.00. The number of amides is 1. The molecule has 1 fully saturated rings. The van der Waals surface area contributed by atoms with Gasteiger partial charge in [-0.3, -0.25) is 9.89 Å². The highest BCUT2D eigenvalue weighted by Crippen LogP contribution is 2.24. The highest BCUT2D eigenvalue weighted by Gasteiger charge is 2.21. The van der Waals surface area contributed by atoms with Crippen LogP contribution in [0.4, 0.5) is 5.82 Å². The van der Waals surface area contributed by atoms with Crippen LogP contribution in [0.5, 0.6) is 0 Å². The number of fused-ring (bicyclic) bond motifs is 1. The lowest BCUT2D eigenvalue weighted by molar-refractivity contribution is -0.117. The lowest BCUT2D eigenvalue weighted by Crippen LogP contribution is -2.18. The molecule has 3 heterocycles. The molecule has 3 rings (SSSR count). The molecule has 110 valence electrons. The van der Waals surface area contributed by atoms with Crippen molar-refractivity contribution in [3.05, 3.63) is 11.3 Å². The van der Waals surface area contributed by atoms with Gasteiger partial charge in [0.1, 0.15) is 0 Å². The number of aromatic nitrogens is 2. The van der Waals surface area contributed by atoms with Gasteiger partial charge in [-0.25, -0.2) is 0 Å². The number of carbonyl (C=O) groups excluding carboxylic acids is 1. The van der Waals surface area contributed by atoms with Crippen LogP contribution in [0.15, 0.2) is 0 Å². The molecule has 1 unspecified atom stereocenters. The van der Waals surface area contributed by atoms with Crippen LogP contribution in [0.3, 0.4) is 0 Å². The van der Waals surface area contributed by atoms with E-state index in [-0.39, 0.29) is 5.91 Å². The number of nitrogens with one attached hydrogen (secondary N) is 2. The van der Waals surface area contributed by atoms with Gasteiger partial charge >= 0.3 is 0 Å². The molecule has 0 aliphatic carbocycles. The van der Waals surface area contributed by atoms with Crippen molar-refractivity contribution in [2.24, 2.45) is 5.92 Å². The van der Waals surface area contributed by atoms with Crippen molar-refractivity contribution in [3.8, 4) is 0 Å². The van der Waals surface area contributed by atoms with E-state index in [1.54, 1.807) is 0 Å². The maximum Gasteiger partial charge on any atom is 0.225 e. The second-order valence-electron chi connectivity index (χ2n) is 5.49. The summed E-state index contributed by atoms with van der Waals surface area (Å²) < 4.78 is 10.8. The molecular formula is C14H21N3O3. The molecule has 0 saturated carbocycles. The van der Waals surface area contributed by atoms with Crippen LogP contribution in [0.2, 0.25) is 0 Å². The van der Waals surface area contributed by atoms with E-state index in [2.05, 4.69) is 15.5 Å². The largest absolute Gasteiger partial charge is 0.381 e. The lowest BCUT2D eigenvalue weighted by atomic mass is 9.96. The van der Waals surface area contributed by atoms with Gasteiger partial charge in [-0.1, -0.05) is 0 Å². The van der Waals surface area contributed by atoms with E-state index in [1.165, 1.54) is 0 Å². The first-order valence-corrected chi connectivity index (χ1v) is 7.34. The van der Waals surface area contributed by atoms with Gasteiger partial charge in [0, 0.05) is 37.3 Å². The Morgan fingerprint density at radius 2 is 2.25 bits per heavy atom. The Balaban J connectivity index is 1.57. The second-order valence-corrected chi connectivity index (χ2v) is 5.49. The summed E-state index contributed by atoms with van der Waals surface area (Å²) in [7, 11) is 0. The summed E-state index contributed by atoms with van der Waals surface area (Å²) in [6, 6.07) is 0. The molecule has 1 aromatic heterocycles. The highest BCUT2D eigenvalue weighted by atomic mass is 16.5. The standard InChI is InChI=1S/C14H21N3O3/c18-13(8-10-2-1-5-19-6-3-10)15-14-11-9-20-7-4-12(11)16-17-14/h10H,1-9H2,(H2,15,16,17,18). The predicted molar refractivity (Wildman–Crippen MR) is 73.4 cm³/mol. The minimum atomic E-state index is 0.0387. The molecule has 1 aromatic rings. The number of rotatable bonds is 3. The predicted octanol–water partition coefficient (Wildman–Crippen LogP) is 1.63. The Bertz CT molecular complexity index is 464. The summed E-state index contributed by atoms with van der Waals surface area (Å²) in [6.07, 6.45) is 4.46.